The van der Waals surface area contributed by atoms with Gasteiger partial charge in [-0.2, -0.15) is 0 Å². The minimum Gasteiger partial charge on any atom is -0.497 e. The lowest BCUT2D eigenvalue weighted by molar-refractivity contribution is -0.137. The van der Waals surface area contributed by atoms with E-state index in [-0.39, 0.29) is 6.42 Å². The van der Waals surface area contributed by atoms with Gasteiger partial charge in [-0.05, 0) is 25.1 Å². The van der Waals surface area contributed by atoms with Crippen molar-refractivity contribution in [3.05, 3.63) is 23.8 Å². The zero-order valence-corrected chi connectivity index (χ0v) is 11.8. The Kier molecular flexibility index (Phi) is 6.83. The van der Waals surface area contributed by atoms with Gasteiger partial charge < -0.3 is 25.0 Å². The topological polar surface area (TPSA) is 88.0 Å². The fourth-order valence-corrected chi connectivity index (χ4v) is 1.81. The molecule has 1 aromatic rings. The quantitative estimate of drug-likeness (QED) is 0.590. The number of ether oxygens (including phenoxy) is 2. The summed E-state index contributed by atoms with van der Waals surface area (Å²) in [4.78, 5) is 10.4. The van der Waals surface area contributed by atoms with Crippen LogP contribution < -0.4 is 14.8 Å². The van der Waals surface area contributed by atoms with Crippen molar-refractivity contribution in [2.45, 2.75) is 18.9 Å². The van der Waals surface area contributed by atoms with Gasteiger partial charge in [-0.15, -0.1) is 0 Å². The highest BCUT2D eigenvalue weighted by Crippen LogP contribution is 2.29. The van der Waals surface area contributed by atoms with Crippen molar-refractivity contribution in [3.8, 4) is 11.5 Å². The Bertz CT molecular complexity index is 436. The van der Waals surface area contributed by atoms with E-state index in [4.69, 9.17) is 14.6 Å². The first-order valence-electron chi connectivity index (χ1n) is 6.41. The van der Waals surface area contributed by atoms with E-state index in [1.807, 2.05) is 0 Å². The number of methoxy groups -OCH3 is 2. The summed E-state index contributed by atoms with van der Waals surface area (Å²) in [6, 6.07) is 5.22. The van der Waals surface area contributed by atoms with E-state index in [9.17, 15) is 9.90 Å². The maximum Gasteiger partial charge on any atom is 0.303 e. The molecule has 0 radical (unpaired) electrons. The van der Waals surface area contributed by atoms with E-state index in [0.29, 0.717) is 36.6 Å². The van der Waals surface area contributed by atoms with Gasteiger partial charge in [-0.25, -0.2) is 0 Å². The van der Waals surface area contributed by atoms with Gasteiger partial charge in [0.05, 0.1) is 20.3 Å². The van der Waals surface area contributed by atoms with Crippen LogP contribution in [-0.4, -0.2) is 43.5 Å². The van der Waals surface area contributed by atoms with E-state index >= 15 is 0 Å². The Hall–Kier alpha value is -1.79. The Morgan fingerprint density at radius 2 is 2.10 bits per heavy atom. The van der Waals surface area contributed by atoms with Crippen molar-refractivity contribution in [3.63, 3.8) is 0 Å². The largest absolute Gasteiger partial charge is 0.497 e. The molecular formula is C14H21NO5. The minimum absolute atomic E-state index is 0.120. The molecule has 0 aliphatic rings. The van der Waals surface area contributed by atoms with Crippen LogP contribution in [0.2, 0.25) is 0 Å². The van der Waals surface area contributed by atoms with Crippen molar-refractivity contribution in [1.29, 1.82) is 0 Å². The Morgan fingerprint density at radius 1 is 1.35 bits per heavy atom. The fraction of sp³-hybridized carbons (Fsp3) is 0.500. The molecule has 0 fully saturated rings. The van der Waals surface area contributed by atoms with Crippen molar-refractivity contribution < 1.29 is 24.5 Å². The predicted molar refractivity (Wildman–Crippen MR) is 74.2 cm³/mol. The third-order valence-corrected chi connectivity index (χ3v) is 2.88. The van der Waals surface area contributed by atoms with Crippen LogP contribution in [0.5, 0.6) is 11.5 Å². The van der Waals surface area contributed by atoms with Gasteiger partial charge in [0.1, 0.15) is 11.5 Å². The number of aliphatic hydroxyl groups excluding tert-OH is 1. The number of carboxylic acid groups (broad SMARTS) is 1. The fourth-order valence-electron chi connectivity index (χ4n) is 1.81. The number of carbonyl (C=O) groups is 1. The summed E-state index contributed by atoms with van der Waals surface area (Å²) >= 11 is 0. The molecule has 1 aromatic carbocycles. The molecule has 0 heterocycles. The first-order chi connectivity index (χ1) is 9.58. The number of carboxylic acids is 1. The molecule has 1 unspecified atom stereocenters. The van der Waals surface area contributed by atoms with Crippen LogP contribution in [0, 0.1) is 0 Å². The van der Waals surface area contributed by atoms with E-state index < -0.39 is 12.1 Å². The number of aliphatic carboxylic acids is 1. The van der Waals surface area contributed by atoms with Gasteiger partial charge in [-0.3, -0.25) is 4.79 Å². The molecule has 6 heteroatoms. The van der Waals surface area contributed by atoms with E-state index in [1.54, 1.807) is 25.3 Å². The Balaban J connectivity index is 2.50. The molecule has 0 aromatic heterocycles. The second kappa shape index (κ2) is 8.39. The van der Waals surface area contributed by atoms with E-state index in [1.165, 1.54) is 7.11 Å². The summed E-state index contributed by atoms with van der Waals surface area (Å²) in [6.45, 7) is 0.879. The second-order valence-electron chi connectivity index (χ2n) is 4.33. The second-order valence-corrected chi connectivity index (χ2v) is 4.33. The SMILES string of the molecule is COc1ccc(C(O)CNCCCC(=O)O)c(OC)c1. The molecule has 112 valence electrons. The molecule has 1 atom stereocenters. The summed E-state index contributed by atoms with van der Waals surface area (Å²) in [5.41, 5.74) is 0.666. The monoisotopic (exact) mass is 283 g/mol. The lowest BCUT2D eigenvalue weighted by atomic mass is 10.1. The molecular weight excluding hydrogens is 262 g/mol. The van der Waals surface area contributed by atoms with Gasteiger partial charge in [0.2, 0.25) is 0 Å². The average Bonchev–Trinajstić information content (AvgIpc) is 2.45. The molecule has 0 amide bonds. The standard InChI is InChI=1S/C14H21NO5/c1-19-10-5-6-11(13(8-10)20-2)12(16)9-15-7-3-4-14(17)18/h5-6,8,12,15-16H,3-4,7,9H2,1-2H3,(H,17,18). The summed E-state index contributed by atoms with van der Waals surface area (Å²) in [5, 5.41) is 21.6. The first-order valence-corrected chi connectivity index (χ1v) is 6.41. The van der Waals surface area contributed by atoms with Crippen LogP contribution in [-0.2, 0) is 4.79 Å². The number of aliphatic hydroxyl groups is 1. The van der Waals surface area contributed by atoms with Crippen molar-refractivity contribution >= 4 is 5.97 Å². The average molecular weight is 283 g/mol. The minimum atomic E-state index is -0.816. The van der Waals surface area contributed by atoms with Crippen LogP contribution in [0.3, 0.4) is 0 Å². The highest BCUT2D eigenvalue weighted by Gasteiger charge is 2.13. The number of nitrogens with one attached hydrogen (secondary N) is 1. The zero-order valence-electron chi connectivity index (χ0n) is 11.8. The molecule has 0 aliphatic carbocycles. The van der Waals surface area contributed by atoms with Crippen molar-refractivity contribution in [2.24, 2.45) is 0 Å². The Morgan fingerprint density at radius 3 is 2.70 bits per heavy atom. The summed E-state index contributed by atoms with van der Waals surface area (Å²) in [6.07, 6.45) is -0.0720. The molecule has 0 spiro atoms. The summed E-state index contributed by atoms with van der Waals surface area (Å²) < 4.78 is 10.3. The lowest BCUT2D eigenvalue weighted by Crippen LogP contribution is -2.23. The highest BCUT2D eigenvalue weighted by molar-refractivity contribution is 5.66. The van der Waals surface area contributed by atoms with Crippen LogP contribution in [0.15, 0.2) is 18.2 Å². The summed E-state index contributed by atoms with van der Waals surface area (Å²) in [5.74, 6) is 0.403. The van der Waals surface area contributed by atoms with E-state index in [0.717, 1.165) is 0 Å². The van der Waals surface area contributed by atoms with Crippen LogP contribution in [0.4, 0.5) is 0 Å². The number of benzene rings is 1. The van der Waals surface area contributed by atoms with Gasteiger partial charge in [0.15, 0.2) is 0 Å². The van der Waals surface area contributed by atoms with E-state index in [2.05, 4.69) is 5.32 Å². The number of hydrogen-bond donors (Lipinski definition) is 3. The van der Waals surface area contributed by atoms with Gasteiger partial charge in [0.25, 0.3) is 0 Å². The molecule has 20 heavy (non-hydrogen) atoms. The highest BCUT2D eigenvalue weighted by atomic mass is 16.5. The lowest BCUT2D eigenvalue weighted by Gasteiger charge is -2.16. The Labute approximate surface area is 118 Å². The maximum absolute atomic E-state index is 10.4. The molecule has 6 nitrogen and oxygen atoms in total. The van der Waals surface area contributed by atoms with Gasteiger partial charge >= 0.3 is 5.97 Å². The number of rotatable bonds is 9. The normalized spacial score (nSPS) is 11.9. The van der Waals surface area contributed by atoms with Crippen molar-refractivity contribution in [1.82, 2.24) is 5.32 Å². The third-order valence-electron chi connectivity index (χ3n) is 2.88. The molecule has 0 bridgehead atoms. The van der Waals surface area contributed by atoms with Crippen LogP contribution in [0.25, 0.3) is 0 Å². The zero-order chi connectivity index (χ0) is 15.0. The van der Waals surface area contributed by atoms with Gasteiger partial charge in [0, 0.05) is 24.6 Å². The molecule has 0 saturated carbocycles. The summed E-state index contributed by atoms with van der Waals surface area (Å²) in [7, 11) is 3.10. The first kappa shape index (κ1) is 16.3. The molecule has 0 aliphatic heterocycles. The molecule has 0 saturated heterocycles. The number of hydrogen-bond acceptors (Lipinski definition) is 5. The van der Waals surface area contributed by atoms with Crippen LogP contribution >= 0.6 is 0 Å². The van der Waals surface area contributed by atoms with Crippen LogP contribution in [0.1, 0.15) is 24.5 Å². The smallest absolute Gasteiger partial charge is 0.303 e. The van der Waals surface area contributed by atoms with Crippen molar-refractivity contribution in [2.75, 3.05) is 27.3 Å². The molecule has 1 rings (SSSR count). The molecule has 3 N–H and O–H groups in total. The predicted octanol–water partition coefficient (Wildman–Crippen LogP) is 1.19. The third kappa shape index (κ3) is 5.07. The maximum atomic E-state index is 10.4. The van der Waals surface area contributed by atoms with Gasteiger partial charge in [-0.1, -0.05) is 0 Å².